The Morgan fingerprint density at radius 2 is 2.04 bits per heavy atom. The van der Waals surface area contributed by atoms with Gasteiger partial charge in [0.05, 0.1) is 17.1 Å². The maximum Gasteiger partial charge on any atom is 0.234 e. The summed E-state index contributed by atoms with van der Waals surface area (Å²) in [5.74, 6) is -0.272. The van der Waals surface area contributed by atoms with Gasteiger partial charge >= 0.3 is 0 Å². The van der Waals surface area contributed by atoms with Crippen LogP contribution in [0.3, 0.4) is 0 Å². The zero-order chi connectivity index (χ0) is 16.9. The number of rotatable bonds is 5. The molecule has 0 unspecified atom stereocenters. The zero-order valence-electron chi connectivity index (χ0n) is 12.3. The highest BCUT2D eigenvalue weighted by Gasteiger charge is 2.12. The lowest BCUT2D eigenvalue weighted by Crippen LogP contribution is -2.14. The van der Waals surface area contributed by atoms with E-state index in [1.807, 2.05) is 30.3 Å². The minimum absolute atomic E-state index is 0.0492. The smallest absolute Gasteiger partial charge is 0.234 e. The Kier molecular flexibility index (Phi) is 4.97. The first-order valence-corrected chi connectivity index (χ1v) is 8.25. The van der Waals surface area contributed by atoms with E-state index in [0.717, 1.165) is 5.69 Å². The summed E-state index contributed by atoms with van der Waals surface area (Å²) in [5.41, 5.74) is 1.06. The number of benzene rings is 2. The molecule has 0 spiro atoms. The van der Waals surface area contributed by atoms with Crippen LogP contribution < -0.4 is 5.32 Å². The van der Waals surface area contributed by atoms with Gasteiger partial charge in [-0.05, 0) is 40.8 Å². The van der Waals surface area contributed by atoms with E-state index in [1.165, 1.54) is 30.0 Å². The van der Waals surface area contributed by atoms with Gasteiger partial charge in [-0.2, -0.15) is 4.68 Å². The van der Waals surface area contributed by atoms with E-state index >= 15 is 0 Å². The zero-order valence-corrected chi connectivity index (χ0v) is 13.8. The van der Waals surface area contributed by atoms with Crippen LogP contribution in [-0.4, -0.2) is 37.0 Å². The number of hydrogen-bond acceptors (Lipinski definition) is 6. The number of nitrogens with one attached hydrogen (secondary N) is 1. The van der Waals surface area contributed by atoms with Gasteiger partial charge in [-0.3, -0.25) is 4.79 Å². The van der Waals surface area contributed by atoms with Crippen molar-refractivity contribution in [3.8, 4) is 11.4 Å². The number of hydrogen-bond donors (Lipinski definition) is 2. The maximum atomic E-state index is 12.1. The third-order valence-corrected chi connectivity index (χ3v) is 4.16. The summed E-state index contributed by atoms with van der Waals surface area (Å²) < 4.78 is 1.55. The molecule has 0 atom stereocenters. The molecule has 2 N–H and O–H groups in total. The summed E-state index contributed by atoms with van der Waals surface area (Å²) in [5, 5.41) is 24.7. The number of para-hydroxylation sites is 1. The summed E-state index contributed by atoms with van der Waals surface area (Å²) in [6.45, 7) is 0. The van der Waals surface area contributed by atoms with Crippen molar-refractivity contribution in [1.29, 1.82) is 0 Å². The fourth-order valence-corrected chi connectivity index (χ4v) is 2.79. The Hall–Kier alpha value is -2.58. The molecule has 1 aromatic heterocycles. The van der Waals surface area contributed by atoms with Crippen molar-refractivity contribution in [2.45, 2.75) is 5.16 Å². The quantitative estimate of drug-likeness (QED) is 0.536. The van der Waals surface area contributed by atoms with Gasteiger partial charge in [0, 0.05) is 5.02 Å². The molecule has 2 aromatic carbocycles. The Morgan fingerprint density at radius 3 is 2.83 bits per heavy atom. The number of anilines is 1. The van der Waals surface area contributed by atoms with Crippen molar-refractivity contribution in [1.82, 2.24) is 20.2 Å². The summed E-state index contributed by atoms with van der Waals surface area (Å²) in [6, 6.07) is 13.8. The molecule has 0 saturated heterocycles. The average Bonchev–Trinajstić information content (AvgIpc) is 3.06. The summed E-state index contributed by atoms with van der Waals surface area (Å²) in [4.78, 5) is 12.1. The first-order chi connectivity index (χ1) is 11.6. The normalized spacial score (nSPS) is 10.5. The van der Waals surface area contributed by atoms with E-state index in [0.29, 0.717) is 10.2 Å². The minimum atomic E-state index is -0.305. The lowest BCUT2D eigenvalue weighted by molar-refractivity contribution is -0.113. The van der Waals surface area contributed by atoms with Crippen LogP contribution in [0.1, 0.15) is 0 Å². The molecule has 1 amide bonds. The Bertz CT molecular complexity index is 856. The number of nitrogens with zero attached hydrogens (tertiary/aromatic N) is 4. The molecule has 9 heteroatoms. The molecule has 0 fully saturated rings. The first-order valence-electron chi connectivity index (χ1n) is 6.88. The van der Waals surface area contributed by atoms with Crippen molar-refractivity contribution in [2.24, 2.45) is 0 Å². The van der Waals surface area contributed by atoms with E-state index in [2.05, 4.69) is 20.8 Å². The van der Waals surface area contributed by atoms with Gasteiger partial charge in [0.1, 0.15) is 5.75 Å². The fourth-order valence-electron chi connectivity index (χ4n) is 1.92. The van der Waals surface area contributed by atoms with Crippen LogP contribution in [-0.2, 0) is 4.79 Å². The molecule has 0 aliphatic heterocycles. The second-order valence-corrected chi connectivity index (χ2v) is 6.09. The number of phenolic OH excluding ortho intramolecular Hbond substituents is 1. The number of aromatic hydroxyl groups is 1. The van der Waals surface area contributed by atoms with Crippen molar-refractivity contribution < 1.29 is 9.90 Å². The van der Waals surface area contributed by atoms with E-state index in [4.69, 9.17) is 11.6 Å². The number of phenols is 1. The highest BCUT2D eigenvalue weighted by atomic mass is 35.5. The van der Waals surface area contributed by atoms with Crippen LogP contribution in [0.2, 0.25) is 5.02 Å². The molecule has 24 heavy (non-hydrogen) atoms. The van der Waals surface area contributed by atoms with Crippen molar-refractivity contribution in [3.63, 3.8) is 0 Å². The van der Waals surface area contributed by atoms with Crippen LogP contribution in [0.25, 0.3) is 5.69 Å². The third kappa shape index (κ3) is 3.84. The largest absolute Gasteiger partial charge is 0.506 e. The van der Waals surface area contributed by atoms with Gasteiger partial charge in [-0.15, -0.1) is 5.10 Å². The van der Waals surface area contributed by atoms with Crippen LogP contribution >= 0.6 is 23.4 Å². The lowest BCUT2D eigenvalue weighted by Gasteiger charge is -2.07. The lowest BCUT2D eigenvalue weighted by atomic mass is 10.3. The Labute approximate surface area is 146 Å². The van der Waals surface area contributed by atoms with E-state index in [1.54, 1.807) is 4.68 Å². The SMILES string of the molecule is O=C(CSc1nnnn1-c1ccccc1)Nc1cc(Cl)ccc1O. The third-order valence-electron chi connectivity index (χ3n) is 3.01. The number of carbonyl (C=O) groups is 1. The van der Waals surface area contributed by atoms with Crippen LogP contribution in [0.4, 0.5) is 5.69 Å². The number of thioether (sulfide) groups is 1. The number of aromatic nitrogens is 4. The average molecular weight is 362 g/mol. The number of halogens is 1. The molecule has 122 valence electrons. The van der Waals surface area contributed by atoms with Gasteiger partial charge in [0.15, 0.2) is 0 Å². The molecule has 0 aliphatic carbocycles. The summed E-state index contributed by atoms with van der Waals surface area (Å²) in [6.07, 6.45) is 0. The molecule has 0 bridgehead atoms. The van der Waals surface area contributed by atoms with Crippen molar-refractivity contribution in [3.05, 3.63) is 53.6 Å². The van der Waals surface area contributed by atoms with Gasteiger partial charge in [-0.1, -0.05) is 41.6 Å². The van der Waals surface area contributed by atoms with Gasteiger partial charge in [0.25, 0.3) is 0 Å². The molecule has 1 heterocycles. The molecular formula is C15H12ClN5O2S. The number of amides is 1. The molecule has 0 saturated carbocycles. The van der Waals surface area contributed by atoms with E-state index in [9.17, 15) is 9.90 Å². The Morgan fingerprint density at radius 1 is 1.25 bits per heavy atom. The highest BCUT2D eigenvalue weighted by molar-refractivity contribution is 7.99. The van der Waals surface area contributed by atoms with Crippen LogP contribution in [0, 0.1) is 0 Å². The Balaban J connectivity index is 1.65. The van der Waals surface area contributed by atoms with Crippen molar-refractivity contribution >= 4 is 35.0 Å². The number of carbonyl (C=O) groups excluding carboxylic acids is 1. The predicted octanol–water partition coefficient (Wildman–Crippen LogP) is 2.75. The minimum Gasteiger partial charge on any atom is -0.506 e. The fraction of sp³-hybridized carbons (Fsp3) is 0.0667. The molecule has 3 rings (SSSR count). The first kappa shape index (κ1) is 16.3. The molecule has 3 aromatic rings. The molecular weight excluding hydrogens is 350 g/mol. The monoisotopic (exact) mass is 361 g/mol. The summed E-state index contributed by atoms with van der Waals surface area (Å²) in [7, 11) is 0. The second-order valence-electron chi connectivity index (χ2n) is 4.71. The molecule has 0 aliphatic rings. The second kappa shape index (κ2) is 7.33. The number of tetrazole rings is 1. The standard InChI is InChI=1S/C15H12ClN5O2S/c16-10-6-7-13(22)12(8-10)17-14(23)9-24-15-18-19-20-21(15)11-4-2-1-3-5-11/h1-8,22H,9H2,(H,17,23). The molecule has 0 radical (unpaired) electrons. The van der Waals surface area contributed by atoms with Crippen LogP contribution in [0.5, 0.6) is 5.75 Å². The van der Waals surface area contributed by atoms with Gasteiger partial charge < -0.3 is 10.4 Å². The van der Waals surface area contributed by atoms with Crippen molar-refractivity contribution in [2.75, 3.05) is 11.1 Å². The summed E-state index contributed by atoms with van der Waals surface area (Å²) >= 11 is 7.04. The highest BCUT2D eigenvalue weighted by Crippen LogP contribution is 2.27. The van der Waals surface area contributed by atoms with Gasteiger partial charge in [0.2, 0.25) is 11.1 Å². The van der Waals surface area contributed by atoms with Crippen LogP contribution in [0.15, 0.2) is 53.7 Å². The topological polar surface area (TPSA) is 92.9 Å². The van der Waals surface area contributed by atoms with E-state index in [-0.39, 0.29) is 23.1 Å². The van der Waals surface area contributed by atoms with Gasteiger partial charge in [-0.25, -0.2) is 0 Å². The van der Waals surface area contributed by atoms with E-state index < -0.39 is 0 Å². The maximum absolute atomic E-state index is 12.1. The molecule has 7 nitrogen and oxygen atoms in total. The predicted molar refractivity (Wildman–Crippen MR) is 91.6 cm³/mol.